The fraction of sp³-hybridized carbons (Fsp3) is 0.500. The molecule has 1 rings (SSSR count). The number of hydrogen-bond donors (Lipinski definition) is 1. The molecular weight excluding hydrogens is 319 g/mol. The third-order valence-electron chi connectivity index (χ3n) is 2.99. The molecule has 124 valence electrons. The highest BCUT2D eigenvalue weighted by Gasteiger charge is 2.47. The van der Waals surface area contributed by atoms with Crippen LogP contribution in [0.3, 0.4) is 0 Å². The van der Waals surface area contributed by atoms with E-state index in [0.717, 1.165) is 12.3 Å². The van der Waals surface area contributed by atoms with Gasteiger partial charge in [0.1, 0.15) is 6.04 Å². The molecule has 0 unspecified atom stereocenters. The van der Waals surface area contributed by atoms with Crippen molar-refractivity contribution in [3.8, 4) is 0 Å². The molecule has 1 N–H and O–H groups in total. The van der Waals surface area contributed by atoms with E-state index in [9.17, 15) is 26.4 Å². The summed E-state index contributed by atoms with van der Waals surface area (Å²) in [7, 11) is -3.55. The summed E-state index contributed by atoms with van der Waals surface area (Å²) in [4.78, 5) is 11.9. The van der Waals surface area contributed by atoms with Crippen molar-refractivity contribution in [2.75, 3.05) is 6.26 Å². The summed E-state index contributed by atoms with van der Waals surface area (Å²) in [5, 5.41) is 1.93. The van der Waals surface area contributed by atoms with Gasteiger partial charge in [0.15, 0.2) is 9.84 Å². The molecule has 8 heteroatoms. The lowest BCUT2D eigenvalue weighted by Crippen LogP contribution is -2.53. The van der Waals surface area contributed by atoms with Gasteiger partial charge in [-0.2, -0.15) is 13.2 Å². The Morgan fingerprint density at radius 2 is 1.73 bits per heavy atom. The number of amides is 1. The fourth-order valence-electron chi connectivity index (χ4n) is 1.87. The lowest BCUT2D eigenvalue weighted by Gasteiger charge is -2.33. The molecule has 0 radical (unpaired) electrons. The quantitative estimate of drug-likeness (QED) is 0.922. The molecule has 0 fully saturated rings. The number of alkyl halides is 3. The second-order valence-electron chi connectivity index (χ2n) is 6.11. The zero-order chi connectivity index (χ0) is 17.3. The first kappa shape index (κ1) is 18.5. The molecule has 22 heavy (non-hydrogen) atoms. The largest absolute Gasteiger partial charge is 0.409 e. The predicted molar refractivity (Wildman–Crippen MR) is 76.3 cm³/mol. The molecule has 0 aliphatic heterocycles. The molecule has 0 aliphatic carbocycles. The summed E-state index contributed by atoms with van der Waals surface area (Å²) in [6, 6.07) is 2.86. The van der Waals surface area contributed by atoms with Crippen LogP contribution in [0.25, 0.3) is 0 Å². The van der Waals surface area contributed by atoms with Crippen molar-refractivity contribution in [2.24, 2.45) is 5.41 Å². The molecule has 0 bridgehead atoms. The van der Waals surface area contributed by atoms with E-state index in [-0.39, 0.29) is 10.5 Å². The lowest BCUT2D eigenvalue weighted by atomic mass is 9.86. The molecule has 1 amide bonds. The van der Waals surface area contributed by atoms with Crippen LogP contribution < -0.4 is 5.32 Å². The fourth-order valence-corrected chi connectivity index (χ4v) is 2.54. The van der Waals surface area contributed by atoms with Gasteiger partial charge in [0.05, 0.1) is 4.90 Å². The van der Waals surface area contributed by atoms with Crippen molar-refractivity contribution in [3.05, 3.63) is 29.8 Å². The minimum atomic E-state index is -4.61. The minimum absolute atomic E-state index is 0.125. The monoisotopic (exact) mass is 337 g/mol. The van der Waals surface area contributed by atoms with Crippen molar-refractivity contribution in [3.63, 3.8) is 0 Å². The van der Waals surface area contributed by atoms with Crippen LogP contribution in [0.1, 0.15) is 31.1 Å². The molecule has 0 heterocycles. The standard InChI is InChI=1S/C14H18F3NO3S/c1-13(2,3)12(14(15,16)17)18-11(19)9-6-5-7-10(8-9)22(4,20)21/h5-8,12H,1-4H3,(H,18,19)/t12-/m1/s1. The molecule has 0 saturated carbocycles. The first-order chi connectivity index (χ1) is 9.73. The average Bonchev–Trinajstić information content (AvgIpc) is 2.32. The van der Waals surface area contributed by atoms with Gasteiger partial charge in [-0.05, 0) is 23.6 Å². The summed E-state index contributed by atoms with van der Waals surface area (Å²) in [5.74, 6) is -0.970. The van der Waals surface area contributed by atoms with Crippen LogP contribution in [0.2, 0.25) is 0 Å². The van der Waals surface area contributed by atoms with Gasteiger partial charge in [0, 0.05) is 11.8 Å². The number of carbonyl (C=O) groups is 1. The van der Waals surface area contributed by atoms with Gasteiger partial charge in [-0.1, -0.05) is 26.8 Å². The number of hydrogen-bond acceptors (Lipinski definition) is 3. The van der Waals surface area contributed by atoms with Gasteiger partial charge in [0.2, 0.25) is 0 Å². The molecule has 4 nitrogen and oxygen atoms in total. The normalized spacial score (nSPS) is 14.5. The van der Waals surface area contributed by atoms with E-state index in [1.807, 2.05) is 5.32 Å². The second kappa shape index (κ2) is 5.91. The van der Waals surface area contributed by atoms with E-state index in [2.05, 4.69) is 0 Å². The smallest absolute Gasteiger partial charge is 0.340 e. The third kappa shape index (κ3) is 4.72. The Labute approximate surface area is 127 Å². The summed E-state index contributed by atoms with van der Waals surface area (Å²) in [6.45, 7) is 4.08. The van der Waals surface area contributed by atoms with Gasteiger partial charge in [0.25, 0.3) is 5.91 Å². The van der Waals surface area contributed by atoms with Crippen LogP contribution in [-0.2, 0) is 9.84 Å². The van der Waals surface area contributed by atoms with Gasteiger partial charge in [-0.15, -0.1) is 0 Å². The zero-order valence-electron chi connectivity index (χ0n) is 12.7. The average molecular weight is 337 g/mol. The van der Waals surface area contributed by atoms with Crippen LogP contribution in [0.15, 0.2) is 29.2 Å². The Morgan fingerprint density at radius 3 is 2.14 bits per heavy atom. The van der Waals surface area contributed by atoms with Crippen LogP contribution >= 0.6 is 0 Å². The summed E-state index contributed by atoms with van der Waals surface area (Å²) in [6.07, 6.45) is -3.65. The van der Waals surface area contributed by atoms with Crippen LogP contribution in [0.5, 0.6) is 0 Å². The molecule has 0 spiro atoms. The number of carbonyl (C=O) groups excluding carboxylic acids is 1. The van der Waals surface area contributed by atoms with Gasteiger partial charge in [-0.3, -0.25) is 4.79 Å². The second-order valence-corrected chi connectivity index (χ2v) is 8.13. The van der Waals surface area contributed by atoms with Gasteiger partial charge >= 0.3 is 6.18 Å². The van der Waals surface area contributed by atoms with Crippen molar-refractivity contribution in [1.82, 2.24) is 5.32 Å². The van der Waals surface area contributed by atoms with E-state index in [4.69, 9.17) is 0 Å². The van der Waals surface area contributed by atoms with Gasteiger partial charge < -0.3 is 5.32 Å². The maximum atomic E-state index is 13.1. The van der Waals surface area contributed by atoms with E-state index in [0.29, 0.717) is 0 Å². The van der Waals surface area contributed by atoms with Crippen molar-refractivity contribution in [2.45, 2.75) is 37.9 Å². The number of rotatable bonds is 3. The molecule has 1 atom stereocenters. The Morgan fingerprint density at radius 1 is 1.18 bits per heavy atom. The van der Waals surface area contributed by atoms with Crippen molar-refractivity contribution in [1.29, 1.82) is 0 Å². The summed E-state index contributed by atoms with van der Waals surface area (Å²) < 4.78 is 62.0. The maximum Gasteiger partial charge on any atom is 0.409 e. The molecule has 1 aromatic carbocycles. The molecule has 0 aromatic heterocycles. The Balaban J connectivity index is 3.12. The maximum absolute atomic E-state index is 13.1. The third-order valence-corrected chi connectivity index (χ3v) is 4.10. The first-order valence-corrected chi connectivity index (χ1v) is 8.30. The molecular formula is C14H18F3NO3S. The minimum Gasteiger partial charge on any atom is -0.340 e. The lowest BCUT2D eigenvalue weighted by molar-refractivity contribution is -0.174. The van der Waals surface area contributed by atoms with E-state index in [1.165, 1.54) is 39.0 Å². The van der Waals surface area contributed by atoms with Crippen LogP contribution in [-0.4, -0.2) is 32.8 Å². The van der Waals surface area contributed by atoms with Crippen molar-refractivity contribution >= 4 is 15.7 Å². The summed E-state index contributed by atoms with van der Waals surface area (Å²) in [5.41, 5.74) is -1.37. The summed E-state index contributed by atoms with van der Waals surface area (Å²) >= 11 is 0. The van der Waals surface area contributed by atoms with E-state index >= 15 is 0 Å². The highest BCUT2D eigenvalue weighted by atomic mass is 32.2. The Bertz CT molecular complexity index is 647. The number of benzene rings is 1. The van der Waals surface area contributed by atoms with E-state index in [1.54, 1.807) is 0 Å². The highest BCUT2D eigenvalue weighted by Crippen LogP contribution is 2.33. The molecule has 0 aliphatic rings. The highest BCUT2D eigenvalue weighted by molar-refractivity contribution is 7.90. The SMILES string of the molecule is CC(C)(C)[C@@H](NC(=O)c1cccc(S(C)(=O)=O)c1)C(F)(F)F. The molecule has 0 saturated heterocycles. The predicted octanol–water partition coefficient (Wildman–Crippen LogP) is 2.80. The Kier molecular flexibility index (Phi) is 4.96. The number of sulfone groups is 1. The van der Waals surface area contributed by atoms with Gasteiger partial charge in [-0.25, -0.2) is 8.42 Å². The van der Waals surface area contributed by atoms with Crippen LogP contribution in [0.4, 0.5) is 13.2 Å². The van der Waals surface area contributed by atoms with Crippen molar-refractivity contribution < 1.29 is 26.4 Å². The van der Waals surface area contributed by atoms with Crippen LogP contribution in [0, 0.1) is 5.41 Å². The first-order valence-electron chi connectivity index (χ1n) is 6.40. The number of halogens is 3. The zero-order valence-corrected chi connectivity index (χ0v) is 13.5. The van der Waals surface area contributed by atoms with E-state index < -0.39 is 33.4 Å². The topological polar surface area (TPSA) is 63.2 Å². The number of nitrogens with one attached hydrogen (secondary N) is 1. The Hall–Kier alpha value is -1.57. The molecule has 1 aromatic rings.